The lowest BCUT2D eigenvalue weighted by atomic mass is 10.3. The number of sulfone groups is 1. The minimum atomic E-state index is -2.91. The number of piperazine rings is 1. The summed E-state index contributed by atoms with van der Waals surface area (Å²) in [6.45, 7) is 7.78. The smallest absolute Gasteiger partial charge is 0.194 e. The Morgan fingerprint density at radius 1 is 1.36 bits per heavy atom. The van der Waals surface area contributed by atoms with Crippen LogP contribution >= 0.6 is 24.0 Å². The predicted molar refractivity (Wildman–Crippen MR) is 109 cm³/mol. The highest BCUT2D eigenvalue weighted by Crippen LogP contribution is 2.07. The minimum Gasteiger partial charge on any atom is -0.364 e. The fourth-order valence-corrected chi connectivity index (χ4v) is 3.26. The molecule has 10 heteroatoms. The van der Waals surface area contributed by atoms with Crippen LogP contribution in [0.3, 0.4) is 0 Å². The van der Waals surface area contributed by atoms with Crippen LogP contribution in [-0.2, 0) is 16.4 Å². The van der Waals surface area contributed by atoms with Crippen LogP contribution in [0, 0.1) is 0 Å². The van der Waals surface area contributed by atoms with Crippen molar-refractivity contribution in [3.05, 3.63) is 18.0 Å². The molecule has 0 atom stereocenters. The van der Waals surface area contributed by atoms with E-state index in [0.717, 1.165) is 50.9 Å². The fourth-order valence-electron chi connectivity index (χ4n) is 2.60. The van der Waals surface area contributed by atoms with E-state index in [1.165, 1.54) is 6.26 Å². The molecule has 1 N–H and O–H groups in total. The normalized spacial score (nSPS) is 16.6. The Hall–Kier alpha value is -0.880. The van der Waals surface area contributed by atoms with Crippen LogP contribution in [0.25, 0.3) is 0 Å². The van der Waals surface area contributed by atoms with Crippen molar-refractivity contribution in [2.75, 3.05) is 51.3 Å². The third-order valence-corrected chi connectivity index (χ3v) is 4.85. The minimum absolute atomic E-state index is 0. The number of hydrogen-bond acceptors (Lipinski definition) is 6. The monoisotopic (exact) mass is 485 g/mol. The highest BCUT2D eigenvalue weighted by atomic mass is 127. The maximum Gasteiger partial charge on any atom is 0.194 e. The van der Waals surface area contributed by atoms with Crippen LogP contribution in [-0.4, -0.2) is 80.6 Å². The predicted octanol–water partition coefficient (Wildman–Crippen LogP) is 0.810. The molecule has 0 unspecified atom stereocenters. The summed E-state index contributed by atoms with van der Waals surface area (Å²) in [4.78, 5) is 9.12. The Labute approximate surface area is 167 Å². The molecule has 0 saturated carbocycles. The summed E-state index contributed by atoms with van der Waals surface area (Å²) in [5.74, 6) is 1.05. The third-order valence-electron chi connectivity index (χ3n) is 3.82. The number of nitrogens with one attached hydrogen (secondary N) is 1. The summed E-state index contributed by atoms with van der Waals surface area (Å²) in [6, 6.07) is 1.89. The molecule has 1 aliphatic heterocycles. The number of hydrogen-bond donors (Lipinski definition) is 1. The second kappa shape index (κ2) is 11.0. The SMILES string of the molecule is CCNC(=NCCCS(C)(=O)=O)N1CCN(Cc2ccon2)CC1.I. The van der Waals surface area contributed by atoms with E-state index >= 15 is 0 Å². The van der Waals surface area contributed by atoms with Crippen molar-refractivity contribution in [3.63, 3.8) is 0 Å². The zero-order chi connectivity index (χ0) is 17.4. The Bertz CT molecular complexity index is 613. The highest BCUT2D eigenvalue weighted by Gasteiger charge is 2.20. The fraction of sp³-hybridized carbons (Fsp3) is 0.733. The Kier molecular flexibility index (Phi) is 9.72. The maximum atomic E-state index is 11.2. The van der Waals surface area contributed by atoms with Gasteiger partial charge in [-0.1, -0.05) is 5.16 Å². The second-order valence-electron chi connectivity index (χ2n) is 5.97. The van der Waals surface area contributed by atoms with Gasteiger partial charge in [0.05, 0.1) is 11.4 Å². The molecule has 8 nitrogen and oxygen atoms in total. The molecule has 0 amide bonds. The lowest BCUT2D eigenvalue weighted by Gasteiger charge is -2.36. The molecule has 144 valence electrons. The standard InChI is InChI=1S/C15H27N5O3S.HI/c1-3-16-15(17-6-4-12-24(2,21)22)20-9-7-19(8-10-20)13-14-5-11-23-18-14;/h5,11H,3-4,6-10,12-13H2,1-2H3,(H,16,17);1H. The van der Waals surface area contributed by atoms with Gasteiger partial charge in [-0.15, -0.1) is 24.0 Å². The molecule has 1 aromatic rings. The van der Waals surface area contributed by atoms with Crippen LogP contribution in [0.1, 0.15) is 19.0 Å². The largest absolute Gasteiger partial charge is 0.364 e. The average Bonchev–Trinajstić information content (AvgIpc) is 3.03. The molecule has 0 bridgehead atoms. The molecule has 2 heterocycles. The Morgan fingerprint density at radius 2 is 2.08 bits per heavy atom. The number of aliphatic imine (C=N–C) groups is 1. The zero-order valence-corrected chi connectivity index (χ0v) is 18.0. The van der Waals surface area contributed by atoms with E-state index in [0.29, 0.717) is 13.0 Å². The number of halogens is 1. The summed E-state index contributed by atoms with van der Waals surface area (Å²) in [5, 5.41) is 7.24. The zero-order valence-electron chi connectivity index (χ0n) is 14.8. The van der Waals surface area contributed by atoms with Gasteiger partial charge in [-0.25, -0.2) is 8.42 Å². The van der Waals surface area contributed by atoms with Gasteiger partial charge in [0.1, 0.15) is 16.1 Å². The molecule has 25 heavy (non-hydrogen) atoms. The van der Waals surface area contributed by atoms with Crippen molar-refractivity contribution in [2.24, 2.45) is 4.99 Å². The molecule has 1 aliphatic rings. The first-order chi connectivity index (χ1) is 11.5. The molecule has 0 aromatic carbocycles. The molecular formula is C15H28IN5O3S. The lowest BCUT2D eigenvalue weighted by Crippen LogP contribution is -2.52. The van der Waals surface area contributed by atoms with Crippen molar-refractivity contribution < 1.29 is 12.9 Å². The topological polar surface area (TPSA) is 91.0 Å². The van der Waals surface area contributed by atoms with Crippen molar-refractivity contribution >= 4 is 39.8 Å². The van der Waals surface area contributed by atoms with Crippen molar-refractivity contribution in [1.29, 1.82) is 0 Å². The van der Waals surface area contributed by atoms with Crippen molar-refractivity contribution in [3.8, 4) is 0 Å². The van der Waals surface area contributed by atoms with E-state index in [1.54, 1.807) is 6.26 Å². The van der Waals surface area contributed by atoms with Gasteiger partial charge in [0.15, 0.2) is 5.96 Å². The summed E-state index contributed by atoms with van der Waals surface area (Å²) < 4.78 is 27.2. The summed E-state index contributed by atoms with van der Waals surface area (Å²) in [7, 11) is -2.91. The van der Waals surface area contributed by atoms with E-state index < -0.39 is 9.84 Å². The molecule has 2 rings (SSSR count). The summed E-state index contributed by atoms with van der Waals surface area (Å²) in [6.07, 6.45) is 3.41. The van der Waals surface area contributed by atoms with Gasteiger partial charge in [0, 0.05) is 58.1 Å². The van der Waals surface area contributed by atoms with Crippen molar-refractivity contribution in [2.45, 2.75) is 19.9 Å². The third kappa shape index (κ3) is 8.36. The molecular weight excluding hydrogens is 457 g/mol. The molecule has 0 spiro atoms. The Balaban J connectivity index is 0.00000312. The van der Waals surface area contributed by atoms with Crippen molar-refractivity contribution in [1.82, 2.24) is 20.3 Å². The lowest BCUT2D eigenvalue weighted by molar-refractivity contribution is 0.169. The van der Waals surface area contributed by atoms with E-state index in [4.69, 9.17) is 4.52 Å². The van der Waals surface area contributed by atoms with E-state index in [2.05, 4.69) is 25.3 Å². The van der Waals surface area contributed by atoms with Gasteiger partial charge in [-0.3, -0.25) is 9.89 Å². The molecule has 0 aliphatic carbocycles. The molecule has 1 fully saturated rings. The van der Waals surface area contributed by atoms with Gasteiger partial charge < -0.3 is 14.7 Å². The van der Waals surface area contributed by atoms with Gasteiger partial charge in [-0.05, 0) is 13.3 Å². The van der Waals surface area contributed by atoms with Crippen LogP contribution in [0.15, 0.2) is 21.8 Å². The van der Waals surface area contributed by atoms with E-state index in [1.807, 2.05) is 13.0 Å². The number of aromatic nitrogens is 1. The van der Waals surface area contributed by atoms with Crippen LogP contribution in [0.5, 0.6) is 0 Å². The highest BCUT2D eigenvalue weighted by molar-refractivity contribution is 14.0. The molecule has 1 saturated heterocycles. The van der Waals surface area contributed by atoms with Gasteiger partial charge in [0.25, 0.3) is 0 Å². The first-order valence-corrected chi connectivity index (χ1v) is 10.4. The van der Waals surface area contributed by atoms with Gasteiger partial charge >= 0.3 is 0 Å². The van der Waals surface area contributed by atoms with Gasteiger partial charge in [0.2, 0.25) is 0 Å². The van der Waals surface area contributed by atoms with Crippen LogP contribution in [0.2, 0.25) is 0 Å². The Morgan fingerprint density at radius 3 is 2.64 bits per heavy atom. The molecule has 0 radical (unpaired) electrons. The molecule has 1 aromatic heterocycles. The first kappa shape index (κ1) is 22.2. The first-order valence-electron chi connectivity index (χ1n) is 8.30. The van der Waals surface area contributed by atoms with Crippen LogP contribution < -0.4 is 5.32 Å². The number of guanidine groups is 1. The van der Waals surface area contributed by atoms with E-state index in [9.17, 15) is 8.42 Å². The number of nitrogens with zero attached hydrogens (tertiary/aromatic N) is 4. The summed E-state index contributed by atoms with van der Waals surface area (Å²) in [5.41, 5.74) is 0.949. The van der Waals surface area contributed by atoms with E-state index in [-0.39, 0.29) is 29.7 Å². The average molecular weight is 485 g/mol. The second-order valence-corrected chi connectivity index (χ2v) is 8.23. The van der Waals surface area contributed by atoms with Gasteiger partial charge in [-0.2, -0.15) is 0 Å². The van der Waals surface area contributed by atoms with Crippen LogP contribution in [0.4, 0.5) is 0 Å². The maximum absolute atomic E-state index is 11.2. The summed E-state index contributed by atoms with van der Waals surface area (Å²) >= 11 is 0. The quantitative estimate of drug-likeness (QED) is 0.265. The number of rotatable bonds is 7.